The fourth-order valence-corrected chi connectivity index (χ4v) is 2.26. The lowest BCUT2D eigenvalue weighted by molar-refractivity contribution is -0.130. The molecule has 0 radical (unpaired) electrons. The Bertz CT molecular complexity index is 631. The molecule has 0 aliphatic carbocycles. The molecule has 0 spiro atoms. The Hall–Kier alpha value is -2.15. The number of aliphatic hydroxyl groups is 1. The molecule has 0 saturated carbocycles. The molecule has 5 nitrogen and oxygen atoms in total. The Kier molecular flexibility index (Phi) is 5.93. The first kappa shape index (κ1) is 17.2. The lowest BCUT2D eigenvalue weighted by Gasteiger charge is -2.20. The van der Waals surface area contributed by atoms with E-state index in [0.29, 0.717) is 5.56 Å². The second-order valence-corrected chi connectivity index (χ2v) is 5.53. The molecule has 0 bridgehead atoms. The van der Waals surface area contributed by atoms with E-state index < -0.39 is 25.1 Å². The van der Waals surface area contributed by atoms with Gasteiger partial charge in [0, 0.05) is 0 Å². The Balaban J connectivity index is 2.04. The number of rotatable bonds is 6. The van der Waals surface area contributed by atoms with Crippen molar-refractivity contribution in [3.8, 4) is 0 Å². The van der Waals surface area contributed by atoms with Crippen LogP contribution >= 0.6 is 0 Å². The molecule has 0 fully saturated rings. The quantitative estimate of drug-likeness (QED) is 0.593. The van der Waals surface area contributed by atoms with Crippen molar-refractivity contribution in [2.75, 3.05) is 0 Å². The first-order chi connectivity index (χ1) is 11.0. The number of hydrogen-bond donors (Lipinski definition) is 4. The number of aliphatic hydroxyl groups excluding tert-OH is 1. The maximum absolute atomic E-state index is 12.1. The van der Waals surface area contributed by atoms with Gasteiger partial charge in [-0.1, -0.05) is 60.2 Å². The molecule has 2 aromatic carbocycles. The van der Waals surface area contributed by atoms with Crippen molar-refractivity contribution < 1.29 is 19.9 Å². The maximum atomic E-state index is 12.1. The van der Waals surface area contributed by atoms with Crippen molar-refractivity contribution in [3.05, 3.63) is 71.3 Å². The molecule has 0 unspecified atom stereocenters. The van der Waals surface area contributed by atoms with Crippen molar-refractivity contribution in [1.82, 2.24) is 5.32 Å². The first-order valence-electron chi connectivity index (χ1n) is 7.42. The summed E-state index contributed by atoms with van der Waals surface area (Å²) in [6.07, 6.45) is -1.10. The van der Waals surface area contributed by atoms with Crippen LogP contribution in [0.4, 0.5) is 0 Å². The second kappa shape index (κ2) is 7.92. The van der Waals surface area contributed by atoms with Gasteiger partial charge < -0.3 is 20.5 Å². The normalized spacial score (nSPS) is 13.2. The number of amides is 1. The Labute approximate surface area is 135 Å². The summed E-state index contributed by atoms with van der Waals surface area (Å²) in [5.41, 5.74) is 2.41. The van der Waals surface area contributed by atoms with Gasteiger partial charge in [-0.3, -0.25) is 4.79 Å². The molecule has 2 atom stereocenters. The zero-order valence-corrected chi connectivity index (χ0v) is 12.9. The fraction of sp³-hybridized carbons (Fsp3) is 0.235. The van der Waals surface area contributed by atoms with Gasteiger partial charge in [-0.15, -0.1) is 0 Å². The first-order valence-corrected chi connectivity index (χ1v) is 7.42. The molecule has 4 N–H and O–H groups in total. The van der Waals surface area contributed by atoms with Gasteiger partial charge in [0.2, 0.25) is 0 Å². The highest BCUT2D eigenvalue weighted by Gasteiger charge is 2.28. The molecular weight excluding hydrogens is 293 g/mol. The minimum absolute atomic E-state index is 0.255. The lowest BCUT2D eigenvalue weighted by atomic mass is 9.75. The Morgan fingerprint density at radius 2 is 1.70 bits per heavy atom. The number of carbonyl (C=O) groups is 1. The van der Waals surface area contributed by atoms with E-state index in [2.05, 4.69) is 5.32 Å². The highest BCUT2D eigenvalue weighted by atomic mass is 16.4. The average Bonchev–Trinajstić information content (AvgIpc) is 2.56. The van der Waals surface area contributed by atoms with E-state index >= 15 is 0 Å². The molecule has 2 aromatic rings. The maximum Gasteiger partial charge on any atom is 0.475 e. The van der Waals surface area contributed by atoms with E-state index in [1.165, 1.54) is 0 Å². The summed E-state index contributed by atoms with van der Waals surface area (Å²) in [4.78, 5) is 12.1. The van der Waals surface area contributed by atoms with Gasteiger partial charge in [-0.2, -0.15) is 0 Å². The molecule has 0 aliphatic heterocycles. The van der Waals surface area contributed by atoms with Crippen LogP contribution in [0.3, 0.4) is 0 Å². The van der Waals surface area contributed by atoms with Gasteiger partial charge in [0.25, 0.3) is 5.91 Å². The van der Waals surface area contributed by atoms with Crippen molar-refractivity contribution in [2.24, 2.45) is 0 Å². The number of hydrogen-bond acceptors (Lipinski definition) is 4. The largest absolute Gasteiger partial charge is 0.475 e. The van der Waals surface area contributed by atoms with E-state index in [9.17, 15) is 19.9 Å². The van der Waals surface area contributed by atoms with E-state index in [-0.39, 0.29) is 6.42 Å². The molecule has 0 heterocycles. The molecule has 6 heteroatoms. The Morgan fingerprint density at radius 1 is 1.09 bits per heavy atom. The summed E-state index contributed by atoms with van der Waals surface area (Å²) in [5, 5.41) is 31.5. The zero-order chi connectivity index (χ0) is 16.8. The highest BCUT2D eigenvalue weighted by molar-refractivity contribution is 6.43. The number of carbonyl (C=O) groups excluding carboxylic acids is 1. The molecule has 0 aliphatic rings. The van der Waals surface area contributed by atoms with Crippen LogP contribution in [0.25, 0.3) is 0 Å². The second-order valence-electron chi connectivity index (χ2n) is 5.53. The average molecular weight is 313 g/mol. The van der Waals surface area contributed by atoms with E-state index in [4.69, 9.17) is 0 Å². The van der Waals surface area contributed by atoms with Crippen LogP contribution in [-0.2, 0) is 11.2 Å². The van der Waals surface area contributed by atoms with Gasteiger partial charge in [-0.05, 0) is 24.5 Å². The number of nitrogens with one attached hydrogen (secondary N) is 1. The monoisotopic (exact) mass is 313 g/mol. The van der Waals surface area contributed by atoms with Crippen molar-refractivity contribution >= 4 is 13.0 Å². The molecule has 2 rings (SSSR count). The predicted octanol–water partition coefficient (Wildman–Crippen LogP) is 0.768. The minimum atomic E-state index is -1.72. The number of benzene rings is 2. The van der Waals surface area contributed by atoms with Crippen LogP contribution in [0.5, 0.6) is 0 Å². The van der Waals surface area contributed by atoms with Crippen LogP contribution in [0.1, 0.15) is 22.8 Å². The summed E-state index contributed by atoms with van der Waals surface area (Å²) >= 11 is 0. The summed E-state index contributed by atoms with van der Waals surface area (Å²) in [6.45, 7) is 1.96. The van der Waals surface area contributed by atoms with Crippen LogP contribution in [0.15, 0.2) is 54.6 Å². The standard InChI is InChI=1S/C17H20BNO4/c1-12-7-9-13(10-8-12)11-15(18(22)23)19-17(21)16(20)14-5-3-2-4-6-14/h2-10,15-16,20,22-23H,11H2,1H3,(H,19,21)/t15-,16+/m0/s1. The molecular formula is C17H20BNO4. The topological polar surface area (TPSA) is 89.8 Å². The van der Waals surface area contributed by atoms with Gasteiger partial charge in [0.05, 0.1) is 5.94 Å². The third kappa shape index (κ3) is 4.92. The highest BCUT2D eigenvalue weighted by Crippen LogP contribution is 2.13. The molecule has 120 valence electrons. The summed E-state index contributed by atoms with van der Waals surface area (Å²) in [6, 6.07) is 16.0. The molecule has 0 saturated heterocycles. The van der Waals surface area contributed by atoms with Gasteiger partial charge in [-0.25, -0.2) is 0 Å². The van der Waals surface area contributed by atoms with Crippen molar-refractivity contribution in [1.29, 1.82) is 0 Å². The molecule has 0 aromatic heterocycles. The van der Waals surface area contributed by atoms with Crippen LogP contribution in [0, 0.1) is 6.92 Å². The fourth-order valence-electron chi connectivity index (χ4n) is 2.26. The van der Waals surface area contributed by atoms with E-state index in [1.807, 2.05) is 31.2 Å². The minimum Gasteiger partial charge on any atom is -0.426 e. The number of aryl methyl sites for hydroxylation is 1. The van der Waals surface area contributed by atoms with Crippen LogP contribution in [-0.4, -0.2) is 34.1 Å². The summed E-state index contributed by atoms with van der Waals surface area (Å²) in [5.74, 6) is -1.56. The SMILES string of the molecule is Cc1ccc(C[C@H](NC(=O)[C@H](O)c2ccccc2)B(O)O)cc1. The van der Waals surface area contributed by atoms with E-state index in [1.54, 1.807) is 30.3 Å². The van der Waals surface area contributed by atoms with Gasteiger partial charge in [0.1, 0.15) is 0 Å². The third-order valence-electron chi connectivity index (χ3n) is 3.63. The smallest absolute Gasteiger partial charge is 0.426 e. The Morgan fingerprint density at radius 3 is 2.26 bits per heavy atom. The zero-order valence-electron chi connectivity index (χ0n) is 12.9. The van der Waals surface area contributed by atoms with E-state index in [0.717, 1.165) is 11.1 Å². The molecule has 1 amide bonds. The van der Waals surface area contributed by atoms with Crippen LogP contribution < -0.4 is 5.32 Å². The van der Waals surface area contributed by atoms with Crippen molar-refractivity contribution in [3.63, 3.8) is 0 Å². The van der Waals surface area contributed by atoms with Gasteiger partial charge in [0.15, 0.2) is 6.10 Å². The predicted molar refractivity (Wildman–Crippen MR) is 88.4 cm³/mol. The third-order valence-corrected chi connectivity index (χ3v) is 3.63. The lowest BCUT2D eigenvalue weighted by Crippen LogP contribution is -2.49. The molecule has 23 heavy (non-hydrogen) atoms. The van der Waals surface area contributed by atoms with Crippen molar-refractivity contribution in [2.45, 2.75) is 25.4 Å². The summed E-state index contributed by atoms with van der Waals surface area (Å²) < 4.78 is 0. The summed E-state index contributed by atoms with van der Waals surface area (Å²) in [7, 11) is -1.72. The van der Waals surface area contributed by atoms with Crippen LogP contribution in [0.2, 0.25) is 0 Å². The van der Waals surface area contributed by atoms with Gasteiger partial charge >= 0.3 is 7.12 Å².